The Morgan fingerprint density at radius 2 is 2.00 bits per heavy atom. The van der Waals surface area contributed by atoms with Gasteiger partial charge in [0, 0.05) is 16.6 Å². The fourth-order valence-corrected chi connectivity index (χ4v) is 3.65. The molecule has 2 atom stereocenters. The molecular formula is C16H24BrN. The van der Waals surface area contributed by atoms with Crippen LogP contribution < -0.4 is 5.32 Å². The van der Waals surface area contributed by atoms with Gasteiger partial charge in [-0.3, -0.25) is 0 Å². The molecular weight excluding hydrogens is 286 g/mol. The number of benzene rings is 1. The molecule has 18 heavy (non-hydrogen) atoms. The molecule has 1 N–H and O–H groups in total. The van der Waals surface area contributed by atoms with Gasteiger partial charge in [0.1, 0.15) is 0 Å². The van der Waals surface area contributed by atoms with Crippen LogP contribution in [0.3, 0.4) is 0 Å². The summed E-state index contributed by atoms with van der Waals surface area (Å²) in [5.41, 5.74) is 1.78. The maximum Gasteiger partial charge on any atom is 0.0305 e. The molecule has 1 unspecified atom stereocenters. The van der Waals surface area contributed by atoms with Crippen LogP contribution in [-0.4, -0.2) is 6.04 Å². The van der Waals surface area contributed by atoms with Crippen molar-refractivity contribution in [3.8, 4) is 0 Å². The molecule has 0 spiro atoms. The molecule has 0 aromatic heterocycles. The van der Waals surface area contributed by atoms with Crippen LogP contribution in [0, 0.1) is 5.41 Å². The summed E-state index contributed by atoms with van der Waals surface area (Å²) in [6.07, 6.45) is 5.40. The first-order valence-corrected chi connectivity index (χ1v) is 7.80. The Balaban J connectivity index is 2.07. The molecule has 1 aromatic rings. The maximum atomic E-state index is 3.84. The Morgan fingerprint density at radius 1 is 1.28 bits per heavy atom. The number of halogens is 1. The first-order valence-electron chi connectivity index (χ1n) is 7.01. The molecule has 0 aliphatic heterocycles. The molecule has 1 saturated carbocycles. The van der Waals surface area contributed by atoms with Crippen LogP contribution in [0.2, 0.25) is 0 Å². The lowest BCUT2D eigenvalue weighted by molar-refractivity contribution is 0.157. The highest BCUT2D eigenvalue weighted by molar-refractivity contribution is 9.10. The first kappa shape index (κ1) is 14.1. The van der Waals surface area contributed by atoms with E-state index in [-0.39, 0.29) is 0 Å². The van der Waals surface area contributed by atoms with Crippen molar-refractivity contribution in [2.45, 2.75) is 58.5 Å². The van der Waals surface area contributed by atoms with Crippen LogP contribution in [0.15, 0.2) is 28.7 Å². The number of hydrogen-bond donors (Lipinski definition) is 1. The molecule has 0 amide bonds. The van der Waals surface area contributed by atoms with E-state index in [1.54, 1.807) is 0 Å². The highest BCUT2D eigenvalue weighted by atomic mass is 79.9. The summed E-state index contributed by atoms with van der Waals surface area (Å²) < 4.78 is 1.21. The van der Waals surface area contributed by atoms with Crippen molar-refractivity contribution in [3.63, 3.8) is 0 Å². The van der Waals surface area contributed by atoms with Crippen LogP contribution in [-0.2, 0) is 0 Å². The lowest BCUT2D eigenvalue weighted by atomic mass is 9.73. The summed E-state index contributed by atoms with van der Waals surface area (Å²) in [6, 6.07) is 9.56. The van der Waals surface area contributed by atoms with E-state index in [4.69, 9.17) is 0 Å². The van der Waals surface area contributed by atoms with Gasteiger partial charge in [0.2, 0.25) is 0 Å². The van der Waals surface area contributed by atoms with Gasteiger partial charge in [-0.15, -0.1) is 0 Å². The van der Waals surface area contributed by atoms with Crippen LogP contribution >= 0.6 is 15.9 Å². The SMILES string of the molecule is C[C@@H](NC1CCCCC1(C)C)c1ccccc1Br. The van der Waals surface area contributed by atoms with Crippen molar-refractivity contribution in [1.29, 1.82) is 0 Å². The smallest absolute Gasteiger partial charge is 0.0305 e. The fraction of sp³-hybridized carbons (Fsp3) is 0.625. The van der Waals surface area contributed by atoms with Crippen molar-refractivity contribution in [1.82, 2.24) is 5.32 Å². The highest BCUT2D eigenvalue weighted by Crippen LogP contribution is 2.37. The second-order valence-corrected chi connectivity index (χ2v) is 7.05. The third kappa shape index (κ3) is 3.16. The van der Waals surface area contributed by atoms with E-state index in [9.17, 15) is 0 Å². The Kier molecular flexibility index (Phi) is 4.50. The molecule has 1 aliphatic rings. The van der Waals surface area contributed by atoms with Crippen LogP contribution in [0.4, 0.5) is 0 Å². The largest absolute Gasteiger partial charge is 0.307 e. The predicted molar refractivity (Wildman–Crippen MR) is 81.7 cm³/mol. The molecule has 1 aromatic carbocycles. The van der Waals surface area contributed by atoms with E-state index in [2.05, 4.69) is 66.3 Å². The summed E-state index contributed by atoms with van der Waals surface area (Å²) in [6.45, 7) is 7.07. The molecule has 0 bridgehead atoms. The molecule has 1 fully saturated rings. The summed E-state index contributed by atoms with van der Waals surface area (Å²) in [5, 5.41) is 3.84. The minimum absolute atomic E-state index is 0.406. The van der Waals surface area contributed by atoms with Gasteiger partial charge in [-0.1, -0.05) is 60.8 Å². The second-order valence-electron chi connectivity index (χ2n) is 6.20. The van der Waals surface area contributed by atoms with Crippen molar-refractivity contribution < 1.29 is 0 Å². The quantitative estimate of drug-likeness (QED) is 0.822. The third-order valence-corrected chi connectivity index (χ3v) is 5.05. The van der Waals surface area contributed by atoms with Crippen molar-refractivity contribution >= 4 is 15.9 Å². The zero-order valence-corrected chi connectivity index (χ0v) is 13.3. The number of nitrogens with one attached hydrogen (secondary N) is 1. The minimum atomic E-state index is 0.406. The number of rotatable bonds is 3. The summed E-state index contributed by atoms with van der Waals surface area (Å²) in [4.78, 5) is 0. The Morgan fingerprint density at radius 3 is 2.67 bits per heavy atom. The van der Waals surface area contributed by atoms with Crippen LogP contribution in [0.25, 0.3) is 0 Å². The van der Waals surface area contributed by atoms with Crippen molar-refractivity contribution in [2.75, 3.05) is 0 Å². The Labute approximate surface area is 119 Å². The van der Waals surface area contributed by atoms with E-state index in [1.807, 2.05) is 0 Å². The van der Waals surface area contributed by atoms with E-state index in [0.717, 1.165) is 0 Å². The van der Waals surface area contributed by atoms with Gasteiger partial charge in [0.15, 0.2) is 0 Å². The Bertz CT molecular complexity index is 400. The first-order chi connectivity index (χ1) is 8.50. The van der Waals surface area contributed by atoms with Gasteiger partial charge in [-0.2, -0.15) is 0 Å². The molecule has 100 valence electrons. The summed E-state index contributed by atoms with van der Waals surface area (Å²) in [7, 11) is 0. The average Bonchev–Trinajstić information content (AvgIpc) is 2.32. The monoisotopic (exact) mass is 309 g/mol. The van der Waals surface area contributed by atoms with E-state index >= 15 is 0 Å². The standard InChI is InChI=1S/C16H24BrN/c1-12(13-8-4-5-9-14(13)17)18-15-10-6-7-11-16(15,2)3/h4-5,8-9,12,15,18H,6-7,10-11H2,1-3H3/t12-,15?/m1/s1. The lowest BCUT2D eigenvalue weighted by Gasteiger charge is -2.41. The van der Waals surface area contributed by atoms with Gasteiger partial charge in [-0.25, -0.2) is 0 Å². The third-order valence-electron chi connectivity index (χ3n) is 4.33. The molecule has 1 aliphatic carbocycles. The van der Waals surface area contributed by atoms with E-state index in [1.165, 1.54) is 35.7 Å². The fourth-order valence-electron chi connectivity index (χ4n) is 3.02. The van der Waals surface area contributed by atoms with Gasteiger partial charge in [-0.05, 0) is 36.8 Å². The predicted octanol–water partition coefficient (Wildman–Crippen LogP) is 5.07. The van der Waals surface area contributed by atoms with Gasteiger partial charge >= 0.3 is 0 Å². The summed E-state index contributed by atoms with van der Waals surface area (Å²) in [5.74, 6) is 0. The molecule has 2 rings (SSSR count). The van der Waals surface area contributed by atoms with E-state index < -0.39 is 0 Å². The van der Waals surface area contributed by atoms with Crippen LogP contribution in [0.5, 0.6) is 0 Å². The summed E-state index contributed by atoms with van der Waals surface area (Å²) >= 11 is 3.65. The minimum Gasteiger partial charge on any atom is -0.307 e. The molecule has 0 radical (unpaired) electrons. The second kappa shape index (κ2) is 5.75. The lowest BCUT2D eigenvalue weighted by Crippen LogP contribution is -2.45. The zero-order chi connectivity index (χ0) is 13.2. The number of hydrogen-bond acceptors (Lipinski definition) is 1. The van der Waals surface area contributed by atoms with E-state index in [0.29, 0.717) is 17.5 Å². The highest BCUT2D eigenvalue weighted by Gasteiger charge is 2.32. The van der Waals surface area contributed by atoms with Crippen molar-refractivity contribution in [2.24, 2.45) is 5.41 Å². The van der Waals surface area contributed by atoms with Gasteiger partial charge in [0.25, 0.3) is 0 Å². The van der Waals surface area contributed by atoms with Gasteiger partial charge in [0.05, 0.1) is 0 Å². The molecule has 2 heteroatoms. The van der Waals surface area contributed by atoms with Crippen LogP contribution in [0.1, 0.15) is 58.1 Å². The maximum absolute atomic E-state index is 3.84. The topological polar surface area (TPSA) is 12.0 Å². The molecule has 0 saturated heterocycles. The van der Waals surface area contributed by atoms with Crippen molar-refractivity contribution in [3.05, 3.63) is 34.3 Å². The van der Waals surface area contributed by atoms with Gasteiger partial charge < -0.3 is 5.32 Å². The molecule has 1 nitrogen and oxygen atoms in total. The average molecular weight is 310 g/mol. The Hall–Kier alpha value is -0.340. The zero-order valence-electron chi connectivity index (χ0n) is 11.7. The molecule has 0 heterocycles. The normalized spacial score (nSPS) is 24.8.